The maximum absolute atomic E-state index is 12.6. The average Bonchev–Trinajstić information content (AvgIpc) is 2.99. The molecule has 224 valence electrons. The molecule has 0 fully saturated rings. The monoisotopic (exact) mass is 606 g/mol. The Kier molecular flexibility index (Phi) is 10.6. The van der Waals surface area contributed by atoms with E-state index >= 15 is 0 Å². The van der Waals surface area contributed by atoms with E-state index < -0.39 is 23.9 Å². The lowest BCUT2D eigenvalue weighted by Crippen LogP contribution is -2.45. The fourth-order valence-electron chi connectivity index (χ4n) is 4.25. The van der Waals surface area contributed by atoms with Crippen molar-refractivity contribution in [3.63, 3.8) is 0 Å². The van der Waals surface area contributed by atoms with E-state index in [1.165, 1.54) is 13.3 Å². The number of halogens is 1. The molecule has 3 aromatic carbocycles. The summed E-state index contributed by atoms with van der Waals surface area (Å²) in [5.74, 6) is 0.0892. The minimum atomic E-state index is -0.773. The number of benzene rings is 3. The second-order valence-corrected chi connectivity index (χ2v) is 9.61. The number of para-hydroxylation sites is 1. The summed E-state index contributed by atoms with van der Waals surface area (Å²) >= 11 is 6.21. The number of nitrogens with zero attached hydrogens (tertiary/aromatic N) is 1. The highest BCUT2D eigenvalue weighted by molar-refractivity contribution is 6.31. The van der Waals surface area contributed by atoms with E-state index in [0.717, 1.165) is 5.56 Å². The van der Waals surface area contributed by atoms with Crippen LogP contribution in [0.25, 0.3) is 0 Å². The second kappa shape index (κ2) is 14.7. The molecule has 1 aliphatic heterocycles. The molecule has 0 aliphatic carbocycles. The van der Waals surface area contributed by atoms with Crippen molar-refractivity contribution in [3.8, 4) is 17.2 Å². The summed E-state index contributed by atoms with van der Waals surface area (Å²) in [4.78, 5) is 37.2. The van der Waals surface area contributed by atoms with Gasteiger partial charge in [0.15, 0.2) is 18.1 Å². The van der Waals surface area contributed by atoms with Gasteiger partial charge in [-0.25, -0.2) is 15.0 Å². The Morgan fingerprint density at radius 1 is 1.02 bits per heavy atom. The van der Waals surface area contributed by atoms with E-state index in [9.17, 15) is 14.4 Å². The maximum Gasteiger partial charge on any atom is 0.338 e. The van der Waals surface area contributed by atoms with Gasteiger partial charge in [-0.05, 0) is 49.7 Å². The van der Waals surface area contributed by atoms with Gasteiger partial charge in [-0.3, -0.25) is 4.79 Å². The maximum atomic E-state index is 12.6. The van der Waals surface area contributed by atoms with Gasteiger partial charge >= 0.3 is 12.0 Å². The summed E-state index contributed by atoms with van der Waals surface area (Å²) < 4.78 is 22.2. The molecule has 12 heteroatoms. The van der Waals surface area contributed by atoms with E-state index in [4.69, 9.17) is 30.5 Å². The van der Waals surface area contributed by atoms with Crippen molar-refractivity contribution in [1.29, 1.82) is 0 Å². The van der Waals surface area contributed by atoms with E-state index in [1.54, 1.807) is 50.2 Å². The van der Waals surface area contributed by atoms with Crippen LogP contribution in [0.15, 0.2) is 83.1 Å². The van der Waals surface area contributed by atoms with Gasteiger partial charge in [0.1, 0.15) is 12.4 Å². The molecular formula is C31H31ClN4O7. The van der Waals surface area contributed by atoms with Crippen molar-refractivity contribution in [1.82, 2.24) is 16.1 Å². The Balaban J connectivity index is 1.37. The van der Waals surface area contributed by atoms with Crippen LogP contribution in [-0.2, 0) is 20.9 Å². The van der Waals surface area contributed by atoms with E-state index in [1.807, 2.05) is 30.3 Å². The molecule has 11 nitrogen and oxygen atoms in total. The van der Waals surface area contributed by atoms with Crippen LogP contribution in [0.1, 0.15) is 36.6 Å². The number of carbonyl (C=O) groups excluding carboxylic acids is 3. The van der Waals surface area contributed by atoms with Crippen LogP contribution >= 0.6 is 11.6 Å². The number of amides is 3. The summed E-state index contributed by atoms with van der Waals surface area (Å²) in [6.07, 6.45) is 1.47. The van der Waals surface area contributed by atoms with Crippen LogP contribution in [0.3, 0.4) is 0 Å². The van der Waals surface area contributed by atoms with Crippen molar-refractivity contribution in [2.75, 3.05) is 20.3 Å². The third-order valence-corrected chi connectivity index (χ3v) is 6.67. The van der Waals surface area contributed by atoms with Crippen molar-refractivity contribution < 1.29 is 33.3 Å². The number of allylic oxidation sites excluding steroid dienone is 1. The van der Waals surface area contributed by atoms with Gasteiger partial charge in [0.05, 0.1) is 31.5 Å². The Morgan fingerprint density at radius 3 is 2.56 bits per heavy atom. The highest BCUT2D eigenvalue weighted by atomic mass is 35.5. The van der Waals surface area contributed by atoms with Crippen LogP contribution in [-0.4, -0.2) is 44.4 Å². The van der Waals surface area contributed by atoms with Gasteiger partial charge < -0.3 is 29.6 Å². The van der Waals surface area contributed by atoms with E-state index in [-0.39, 0.29) is 31.1 Å². The molecule has 1 aliphatic rings. The molecule has 3 amide bonds. The van der Waals surface area contributed by atoms with Crippen molar-refractivity contribution in [2.45, 2.75) is 26.5 Å². The number of rotatable bonds is 12. The highest BCUT2D eigenvalue weighted by Gasteiger charge is 2.32. The Labute approximate surface area is 253 Å². The molecule has 0 spiro atoms. The summed E-state index contributed by atoms with van der Waals surface area (Å²) in [6.45, 7) is 3.43. The van der Waals surface area contributed by atoms with Crippen LogP contribution < -0.4 is 30.3 Å². The van der Waals surface area contributed by atoms with Crippen LogP contribution in [0.4, 0.5) is 4.79 Å². The number of esters is 1. The quantitative estimate of drug-likeness (QED) is 0.155. The van der Waals surface area contributed by atoms with E-state index in [0.29, 0.717) is 33.3 Å². The van der Waals surface area contributed by atoms with Crippen LogP contribution in [0, 0.1) is 0 Å². The third-order valence-electron chi connectivity index (χ3n) is 6.30. The normalized spacial score (nSPS) is 14.5. The van der Waals surface area contributed by atoms with Gasteiger partial charge in [0.2, 0.25) is 0 Å². The summed E-state index contributed by atoms with van der Waals surface area (Å²) in [5.41, 5.74) is 5.15. The Hall–Kier alpha value is -5.03. The first kappa shape index (κ1) is 30.9. The first-order chi connectivity index (χ1) is 20.8. The Morgan fingerprint density at radius 2 is 1.79 bits per heavy atom. The van der Waals surface area contributed by atoms with Crippen LogP contribution in [0.2, 0.25) is 5.02 Å². The molecule has 4 rings (SSSR count). The van der Waals surface area contributed by atoms with E-state index in [2.05, 4.69) is 21.2 Å². The standard InChI is InChI=1S/C31H31ClN4O7/c1-4-41-30(38)28-19(2)34-31(39)35-29(28)20-13-14-25(26(15-20)40-3)43-18-27(37)36-33-16-21-9-6-8-12-24(21)42-17-22-10-5-7-11-23(22)32/h5-16,29H,4,17-18H2,1-3H3,(H,36,37)(H2,34,35,39)/b33-16+/t29-/m1/s1. The number of nitrogens with one attached hydrogen (secondary N) is 3. The molecule has 0 aromatic heterocycles. The number of carbonyl (C=O) groups is 3. The van der Waals surface area contributed by atoms with Gasteiger partial charge in [-0.15, -0.1) is 0 Å². The molecule has 43 heavy (non-hydrogen) atoms. The minimum absolute atomic E-state index is 0.183. The SMILES string of the molecule is CCOC(=O)C1=C(C)NC(=O)N[C@@H]1c1ccc(OCC(=O)N/N=C/c2ccccc2OCc2ccccc2Cl)c(OC)c1. The molecule has 0 saturated carbocycles. The molecule has 0 radical (unpaired) electrons. The zero-order chi connectivity index (χ0) is 30.8. The molecule has 0 unspecified atom stereocenters. The third kappa shape index (κ3) is 8.04. The molecule has 1 heterocycles. The predicted molar refractivity (Wildman–Crippen MR) is 160 cm³/mol. The van der Waals surface area contributed by atoms with Crippen molar-refractivity contribution >= 4 is 35.7 Å². The van der Waals surface area contributed by atoms with Gasteiger partial charge in [0.25, 0.3) is 5.91 Å². The number of methoxy groups -OCH3 is 1. The fourth-order valence-corrected chi connectivity index (χ4v) is 4.44. The fraction of sp³-hybridized carbons (Fsp3) is 0.226. The number of urea groups is 1. The topological polar surface area (TPSA) is 137 Å². The first-order valence-corrected chi connectivity index (χ1v) is 13.7. The van der Waals surface area contributed by atoms with Gasteiger partial charge in [-0.2, -0.15) is 5.10 Å². The zero-order valence-electron chi connectivity index (χ0n) is 23.8. The number of hydrazone groups is 1. The predicted octanol–water partition coefficient (Wildman–Crippen LogP) is 4.65. The van der Waals surface area contributed by atoms with Crippen molar-refractivity contribution in [2.24, 2.45) is 5.10 Å². The molecule has 0 bridgehead atoms. The number of hydrogen-bond donors (Lipinski definition) is 3. The summed E-state index contributed by atoms with van der Waals surface area (Å²) in [6, 6.07) is 18.3. The molecule has 3 N–H and O–H groups in total. The Bertz CT molecular complexity index is 1560. The lowest BCUT2D eigenvalue weighted by atomic mass is 9.95. The van der Waals surface area contributed by atoms with Crippen molar-refractivity contribution in [3.05, 3.63) is 99.7 Å². The van der Waals surface area contributed by atoms with Gasteiger partial charge in [-0.1, -0.05) is 48.0 Å². The first-order valence-electron chi connectivity index (χ1n) is 13.3. The number of ether oxygens (including phenoxy) is 4. The van der Waals surface area contributed by atoms with Gasteiger partial charge in [0, 0.05) is 21.8 Å². The number of hydrogen-bond acceptors (Lipinski definition) is 8. The molecule has 1 atom stereocenters. The average molecular weight is 607 g/mol. The lowest BCUT2D eigenvalue weighted by Gasteiger charge is -2.28. The molecule has 3 aromatic rings. The summed E-state index contributed by atoms with van der Waals surface area (Å²) in [5, 5.41) is 9.96. The summed E-state index contributed by atoms with van der Waals surface area (Å²) in [7, 11) is 1.44. The molecular weight excluding hydrogens is 576 g/mol. The largest absolute Gasteiger partial charge is 0.493 e. The smallest absolute Gasteiger partial charge is 0.338 e. The highest BCUT2D eigenvalue weighted by Crippen LogP contribution is 2.34. The van der Waals surface area contributed by atoms with Crippen LogP contribution in [0.5, 0.6) is 17.2 Å². The molecule has 0 saturated heterocycles. The second-order valence-electron chi connectivity index (χ2n) is 9.20. The minimum Gasteiger partial charge on any atom is -0.493 e. The lowest BCUT2D eigenvalue weighted by molar-refractivity contribution is -0.139. The zero-order valence-corrected chi connectivity index (χ0v) is 24.6.